The maximum atomic E-state index is 14.3. The summed E-state index contributed by atoms with van der Waals surface area (Å²) in [6, 6.07) is 4.64. The zero-order valence-corrected chi connectivity index (χ0v) is 18.0. The summed E-state index contributed by atoms with van der Waals surface area (Å²) >= 11 is 0. The van der Waals surface area contributed by atoms with Gasteiger partial charge >= 0.3 is 6.09 Å². The molecule has 1 aromatic carbocycles. The van der Waals surface area contributed by atoms with Crippen molar-refractivity contribution in [2.24, 2.45) is 5.41 Å². The molecule has 2 saturated heterocycles. The van der Waals surface area contributed by atoms with Crippen LogP contribution in [0.4, 0.5) is 13.6 Å². The van der Waals surface area contributed by atoms with Gasteiger partial charge in [0.1, 0.15) is 11.8 Å². The highest BCUT2D eigenvalue weighted by molar-refractivity contribution is 5.86. The predicted molar refractivity (Wildman–Crippen MR) is 109 cm³/mol. The second kappa shape index (κ2) is 7.62. The molecule has 0 spiro atoms. The summed E-state index contributed by atoms with van der Waals surface area (Å²) < 4.78 is 34.2. The van der Waals surface area contributed by atoms with Crippen LogP contribution in [0, 0.1) is 5.41 Å². The number of para-hydroxylation sites is 1. The Morgan fingerprint density at radius 2 is 1.97 bits per heavy atom. The van der Waals surface area contributed by atoms with E-state index in [-0.39, 0.29) is 12.6 Å². The molecule has 31 heavy (non-hydrogen) atoms. The third-order valence-corrected chi connectivity index (χ3v) is 6.50. The Kier molecular flexibility index (Phi) is 5.36. The fraction of sp³-hybridized carbons (Fsp3) is 0.636. The first-order valence-corrected chi connectivity index (χ1v) is 10.6. The van der Waals surface area contributed by atoms with Crippen LogP contribution >= 0.6 is 0 Å². The van der Waals surface area contributed by atoms with Gasteiger partial charge in [0.15, 0.2) is 0 Å². The number of halogens is 2. The Morgan fingerprint density at radius 1 is 1.26 bits per heavy atom. The Balaban J connectivity index is 1.63. The predicted octanol–water partition coefficient (Wildman–Crippen LogP) is 3.11. The number of alkyl halides is 2. The Hall–Kier alpha value is -2.42. The number of amides is 2. The van der Waals surface area contributed by atoms with Gasteiger partial charge in [-0.25, -0.2) is 13.6 Å². The van der Waals surface area contributed by atoms with Gasteiger partial charge in [-0.2, -0.15) is 0 Å². The molecule has 9 heteroatoms. The quantitative estimate of drug-likeness (QED) is 0.743. The molecule has 0 saturated carbocycles. The van der Waals surface area contributed by atoms with Gasteiger partial charge < -0.3 is 15.2 Å². The van der Waals surface area contributed by atoms with E-state index in [2.05, 4.69) is 5.32 Å². The number of rotatable bonds is 2. The molecule has 2 N–H and O–H groups in total. The van der Waals surface area contributed by atoms with Crippen molar-refractivity contribution >= 4 is 12.0 Å². The molecule has 7 nitrogen and oxygen atoms in total. The number of carbonyl (C=O) groups is 2. The highest BCUT2D eigenvalue weighted by Gasteiger charge is 2.58. The molecule has 3 aliphatic heterocycles. The smallest absolute Gasteiger partial charge is 0.408 e. The van der Waals surface area contributed by atoms with Gasteiger partial charge in [-0.3, -0.25) is 14.6 Å². The van der Waals surface area contributed by atoms with E-state index in [1.165, 1.54) is 0 Å². The van der Waals surface area contributed by atoms with E-state index in [0.29, 0.717) is 18.8 Å². The second-order valence-corrected chi connectivity index (χ2v) is 9.81. The third-order valence-electron chi connectivity index (χ3n) is 6.50. The van der Waals surface area contributed by atoms with Crippen LogP contribution in [0.15, 0.2) is 24.3 Å². The first kappa shape index (κ1) is 21.8. The van der Waals surface area contributed by atoms with Gasteiger partial charge in [-0.05, 0) is 11.5 Å². The molecule has 1 unspecified atom stereocenters. The zero-order chi connectivity index (χ0) is 22.6. The third kappa shape index (κ3) is 4.07. The van der Waals surface area contributed by atoms with Crippen LogP contribution in [0.5, 0.6) is 5.75 Å². The number of nitrogens with zero attached hydrogens (tertiary/aromatic N) is 2. The summed E-state index contributed by atoms with van der Waals surface area (Å²) in [5, 5.41) is 13.0. The van der Waals surface area contributed by atoms with Crippen LogP contribution in [0.2, 0.25) is 0 Å². The molecular formula is C22H29F2N3O4. The number of hydrogen-bond donors (Lipinski definition) is 2. The number of fused-ring (bicyclic) bond motifs is 2. The van der Waals surface area contributed by atoms with Crippen LogP contribution in [0.1, 0.15) is 45.2 Å². The largest absolute Gasteiger partial charge is 0.493 e. The van der Waals surface area contributed by atoms with Crippen LogP contribution in [0.25, 0.3) is 0 Å². The average molecular weight is 437 g/mol. The number of carboxylic acid groups (broad SMARTS) is 1. The van der Waals surface area contributed by atoms with Gasteiger partial charge in [0, 0.05) is 31.0 Å². The number of ether oxygens (including phenoxy) is 1. The Bertz CT molecular complexity index is 873. The van der Waals surface area contributed by atoms with E-state index < -0.39 is 54.4 Å². The van der Waals surface area contributed by atoms with Crippen molar-refractivity contribution < 1.29 is 28.2 Å². The SMILES string of the molecule is CC(C)(C)C1[C@H]2CC(F)(F)CN2C[C@@H](C(=O)N[C@@H]2CCOc3ccccc32)N1C(=O)O. The molecule has 4 rings (SSSR count). The standard InChI is InChI=1S/C22H29F2N3O4/c1-21(2,3)18-15-10-22(23,24)12-26(15)11-16(27(18)20(29)30)19(28)25-14-8-9-31-17-7-5-4-6-13(14)17/h4-7,14-16,18H,8-12H2,1-3H3,(H,25,28)(H,29,30)/t14-,15-,16+,18?/m1/s1. The number of benzene rings is 1. The average Bonchev–Trinajstić information content (AvgIpc) is 2.99. The fourth-order valence-corrected chi connectivity index (χ4v) is 5.33. The molecule has 1 aromatic rings. The minimum Gasteiger partial charge on any atom is -0.493 e. The fourth-order valence-electron chi connectivity index (χ4n) is 5.33. The van der Waals surface area contributed by atoms with Gasteiger partial charge in [0.25, 0.3) is 5.92 Å². The number of hydrogen-bond acceptors (Lipinski definition) is 4. The van der Waals surface area contributed by atoms with Crippen LogP contribution in [-0.2, 0) is 4.79 Å². The highest BCUT2D eigenvalue weighted by Crippen LogP contribution is 2.44. The lowest BCUT2D eigenvalue weighted by Gasteiger charge is -2.52. The molecular weight excluding hydrogens is 408 g/mol. The molecule has 0 radical (unpaired) electrons. The molecule has 0 bridgehead atoms. The summed E-state index contributed by atoms with van der Waals surface area (Å²) in [5.41, 5.74) is 0.212. The molecule has 2 fully saturated rings. The maximum absolute atomic E-state index is 14.3. The van der Waals surface area contributed by atoms with Crippen LogP contribution in [0.3, 0.4) is 0 Å². The molecule has 0 aliphatic carbocycles. The number of nitrogens with one attached hydrogen (secondary N) is 1. The summed E-state index contributed by atoms with van der Waals surface area (Å²) in [7, 11) is 0. The van der Waals surface area contributed by atoms with Crippen molar-refractivity contribution in [3.05, 3.63) is 29.8 Å². The van der Waals surface area contributed by atoms with E-state index in [9.17, 15) is 23.5 Å². The van der Waals surface area contributed by atoms with Gasteiger partial charge in [0.2, 0.25) is 5.91 Å². The lowest BCUT2D eigenvalue weighted by molar-refractivity contribution is -0.134. The molecule has 3 heterocycles. The number of carbonyl (C=O) groups excluding carboxylic acids is 1. The van der Waals surface area contributed by atoms with Crippen molar-refractivity contribution in [1.29, 1.82) is 0 Å². The summed E-state index contributed by atoms with van der Waals surface area (Å²) in [4.78, 5) is 28.3. The van der Waals surface area contributed by atoms with Gasteiger partial charge in [-0.15, -0.1) is 0 Å². The Morgan fingerprint density at radius 3 is 2.65 bits per heavy atom. The summed E-state index contributed by atoms with van der Waals surface area (Å²) in [6.07, 6.45) is -1.11. The molecule has 0 aromatic heterocycles. The molecule has 2 amide bonds. The first-order valence-electron chi connectivity index (χ1n) is 10.6. The van der Waals surface area contributed by atoms with Crippen LogP contribution in [-0.4, -0.2) is 70.7 Å². The van der Waals surface area contributed by atoms with E-state index in [1.807, 2.05) is 45.0 Å². The van der Waals surface area contributed by atoms with E-state index >= 15 is 0 Å². The van der Waals surface area contributed by atoms with E-state index in [4.69, 9.17) is 4.74 Å². The van der Waals surface area contributed by atoms with E-state index in [0.717, 1.165) is 10.5 Å². The van der Waals surface area contributed by atoms with Crippen molar-refractivity contribution in [3.63, 3.8) is 0 Å². The Labute approximate surface area is 180 Å². The maximum Gasteiger partial charge on any atom is 0.408 e. The highest BCUT2D eigenvalue weighted by atomic mass is 19.3. The van der Waals surface area contributed by atoms with Crippen LogP contribution < -0.4 is 10.1 Å². The zero-order valence-electron chi connectivity index (χ0n) is 18.0. The number of piperazine rings is 1. The normalized spacial score (nSPS) is 30.2. The molecule has 170 valence electrons. The minimum atomic E-state index is -2.90. The lowest BCUT2D eigenvalue weighted by atomic mass is 9.78. The second-order valence-electron chi connectivity index (χ2n) is 9.81. The van der Waals surface area contributed by atoms with Crippen molar-refractivity contribution in [3.8, 4) is 5.75 Å². The monoisotopic (exact) mass is 437 g/mol. The minimum absolute atomic E-state index is 0.0458. The summed E-state index contributed by atoms with van der Waals surface area (Å²) in [6.45, 7) is 5.42. The molecule has 4 atom stereocenters. The van der Waals surface area contributed by atoms with Crippen molar-refractivity contribution in [1.82, 2.24) is 15.1 Å². The van der Waals surface area contributed by atoms with Crippen molar-refractivity contribution in [2.75, 3.05) is 19.7 Å². The van der Waals surface area contributed by atoms with E-state index in [1.54, 1.807) is 4.90 Å². The first-order chi connectivity index (χ1) is 14.5. The topological polar surface area (TPSA) is 82.1 Å². The lowest BCUT2D eigenvalue weighted by Crippen LogP contribution is -2.70. The van der Waals surface area contributed by atoms with Crippen molar-refractivity contribution in [2.45, 2.75) is 63.7 Å². The van der Waals surface area contributed by atoms with Gasteiger partial charge in [-0.1, -0.05) is 39.0 Å². The molecule has 3 aliphatic rings. The summed E-state index contributed by atoms with van der Waals surface area (Å²) in [5.74, 6) is -2.68. The van der Waals surface area contributed by atoms with Gasteiger partial charge in [0.05, 0.1) is 25.2 Å².